The lowest BCUT2D eigenvalue weighted by molar-refractivity contribution is 0.303. The number of aliphatic imine (C=N–C) groups is 1. The van der Waals surface area contributed by atoms with Crippen LogP contribution in [0, 0.1) is 0 Å². The largest absolute Gasteiger partial charge is 0.494 e. The van der Waals surface area contributed by atoms with Crippen molar-refractivity contribution in [1.82, 2.24) is 9.97 Å². The molecule has 2 N–H and O–H groups in total. The van der Waals surface area contributed by atoms with Crippen molar-refractivity contribution in [3.05, 3.63) is 64.6 Å². The summed E-state index contributed by atoms with van der Waals surface area (Å²) in [6.45, 7) is 2.30. The van der Waals surface area contributed by atoms with Gasteiger partial charge in [0, 0.05) is 23.7 Å². The molecule has 4 nitrogen and oxygen atoms in total. The van der Waals surface area contributed by atoms with Crippen LogP contribution in [0.1, 0.15) is 93.3 Å². The molecule has 1 atom stereocenters. The van der Waals surface area contributed by atoms with Gasteiger partial charge >= 0.3 is 0 Å². The number of allylic oxidation sites excluding steroid dienone is 1. The molecule has 0 saturated heterocycles. The lowest BCUT2D eigenvalue weighted by atomic mass is 9.88. The third-order valence-electron chi connectivity index (χ3n) is 6.40. The molecule has 160 valence electrons. The maximum Gasteiger partial charge on any atom is 0.146 e. The van der Waals surface area contributed by atoms with Gasteiger partial charge in [-0.05, 0) is 61.4 Å². The Bertz CT molecular complexity index is 914. The molecule has 0 spiro atoms. The molecule has 0 amide bonds. The second-order valence-corrected chi connectivity index (χ2v) is 8.63. The molecule has 4 heteroatoms. The van der Waals surface area contributed by atoms with Gasteiger partial charge in [0.25, 0.3) is 0 Å². The first-order chi connectivity index (χ1) is 14.8. The number of aromatic nitrogens is 2. The quantitative estimate of drug-likeness (QED) is 0.559. The van der Waals surface area contributed by atoms with Gasteiger partial charge in [-0.15, -0.1) is 0 Å². The Morgan fingerprint density at radius 1 is 1.17 bits per heavy atom. The SMILES string of the molecule is CCCC1CCCCCCCCc2cc1c(C=C1N=C(c3ccc[nH]3)C=C1OC)[nH]2. The van der Waals surface area contributed by atoms with Gasteiger partial charge in [0.2, 0.25) is 0 Å². The van der Waals surface area contributed by atoms with Gasteiger partial charge in [0.05, 0.1) is 18.5 Å². The van der Waals surface area contributed by atoms with E-state index in [4.69, 9.17) is 9.73 Å². The van der Waals surface area contributed by atoms with Crippen LogP contribution in [-0.2, 0) is 11.2 Å². The molecule has 1 aliphatic heterocycles. The van der Waals surface area contributed by atoms with Crippen LogP contribution < -0.4 is 0 Å². The first-order valence-electron chi connectivity index (χ1n) is 11.7. The van der Waals surface area contributed by atoms with Gasteiger partial charge in [0.15, 0.2) is 0 Å². The highest BCUT2D eigenvalue weighted by Crippen LogP contribution is 2.34. The number of methoxy groups -OCH3 is 1. The smallest absolute Gasteiger partial charge is 0.146 e. The van der Waals surface area contributed by atoms with Gasteiger partial charge in [-0.2, -0.15) is 0 Å². The molecule has 0 fully saturated rings. The van der Waals surface area contributed by atoms with Crippen LogP contribution in [0.15, 0.2) is 46.9 Å². The molecule has 0 saturated carbocycles. The van der Waals surface area contributed by atoms with Crippen molar-refractivity contribution in [3.8, 4) is 0 Å². The molecule has 1 aliphatic carbocycles. The Morgan fingerprint density at radius 2 is 2.00 bits per heavy atom. The Labute approximate surface area is 180 Å². The van der Waals surface area contributed by atoms with Crippen LogP contribution in [-0.4, -0.2) is 22.8 Å². The molecule has 2 aromatic heterocycles. The van der Waals surface area contributed by atoms with Crippen LogP contribution in [0.4, 0.5) is 0 Å². The van der Waals surface area contributed by atoms with E-state index in [2.05, 4.69) is 29.0 Å². The first kappa shape index (κ1) is 20.8. The molecule has 2 aliphatic rings. The van der Waals surface area contributed by atoms with Crippen LogP contribution in [0.5, 0.6) is 0 Å². The number of aryl methyl sites for hydroxylation is 1. The number of H-pyrrole nitrogens is 2. The van der Waals surface area contributed by atoms with Crippen molar-refractivity contribution < 1.29 is 4.74 Å². The van der Waals surface area contributed by atoms with E-state index in [1.54, 1.807) is 7.11 Å². The number of hydrogen-bond acceptors (Lipinski definition) is 2. The Hall–Kier alpha value is -2.49. The molecule has 30 heavy (non-hydrogen) atoms. The normalized spacial score (nSPS) is 21.7. The highest BCUT2D eigenvalue weighted by atomic mass is 16.5. The van der Waals surface area contributed by atoms with Gasteiger partial charge in [0.1, 0.15) is 11.5 Å². The summed E-state index contributed by atoms with van der Waals surface area (Å²) >= 11 is 0. The summed E-state index contributed by atoms with van der Waals surface area (Å²) in [7, 11) is 1.73. The average molecular weight is 406 g/mol. The van der Waals surface area contributed by atoms with Crippen LogP contribution >= 0.6 is 0 Å². The molecule has 3 heterocycles. The van der Waals surface area contributed by atoms with Crippen molar-refractivity contribution in [2.75, 3.05) is 7.11 Å². The fourth-order valence-electron chi connectivity index (χ4n) is 4.80. The van der Waals surface area contributed by atoms with Crippen molar-refractivity contribution in [1.29, 1.82) is 0 Å². The van der Waals surface area contributed by atoms with Crippen LogP contribution in [0.3, 0.4) is 0 Å². The molecule has 0 aromatic carbocycles. The van der Waals surface area contributed by atoms with E-state index >= 15 is 0 Å². The summed E-state index contributed by atoms with van der Waals surface area (Å²) in [5.41, 5.74) is 6.90. The van der Waals surface area contributed by atoms with E-state index < -0.39 is 0 Å². The molecular weight excluding hydrogens is 370 g/mol. The maximum absolute atomic E-state index is 5.67. The number of fused-ring (bicyclic) bond motifs is 2. The van der Waals surface area contributed by atoms with Crippen molar-refractivity contribution in [2.24, 2.45) is 4.99 Å². The van der Waals surface area contributed by atoms with E-state index in [1.165, 1.54) is 74.7 Å². The number of nitrogens with one attached hydrogen (secondary N) is 2. The number of hydrogen-bond donors (Lipinski definition) is 2. The topological polar surface area (TPSA) is 53.2 Å². The minimum atomic E-state index is 0.620. The number of rotatable bonds is 5. The third-order valence-corrected chi connectivity index (χ3v) is 6.40. The monoisotopic (exact) mass is 405 g/mol. The zero-order valence-electron chi connectivity index (χ0n) is 18.5. The van der Waals surface area contributed by atoms with E-state index in [1.807, 2.05) is 24.4 Å². The molecule has 2 aromatic rings. The highest BCUT2D eigenvalue weighted by molar-refractivity contribution is 6.11. The summed E-state index contributed by atoms with van der Waals surface area (Å²) in [4.78, 5) is 11.9. The Balaban J connectivity index is 1.69. The number of aromatic amines is 2. The van der Waals surface area contributed by atoms with E-state index in [-0.39, 0.29) is 0 Å². The van der Waals surface area contributed by atoms with E-state index in [0.29, 0.717) is 5.92 Å². The molecule has 2 bridgehead atoms. The molecule has 4 rings (SSSR count). The second-order valence-electron chi connectivity index (χ2n) is 8.63. The summed E-state index contributed by atoms with van der Waals surface area (Å²) in [6, 6.07) is 6.48. The average Bonchev–Trinajstić information content (AvgIpc) is 3.48. The fraction of sp³-hybridized carbons (Fsp3) is 0.500. The predicted molar refractivity (Wildman–Crippen MR) is 125 cm³/mol. The highest BCUT2D eigenvalue weighted by Gasteiger charge is 2.21. The van der Waals surface area contributed by atoms with Gasteiger partial charge < -0.3 is 14.7 Å². The minimum Gasteiger partial charge on any atom is -0.494 e. The lowest BCUT2D eigenvalue weighted by Gasteiger charge is -2.17. The summed E-state index contributed by atoms with van der Waals surface area (Å²) in [6.07, 6.45) is 19.1. The summed E-state index contributed by atoms with van der Waals surface area (Å²) in [5.74, 6) is 1.45. The zero-order chi connectivity index (χ0) is 20.8. The standard InChI is InChI=1S/C26H35N3O/c1-3-11-19-12-8-6-4-5-7-9-13-20-16-21(19)23(28-20)17-25-26(30-2)18-24(29-25)22-14-10-15-27-22/h10,14-19,27-28H,3-9,11-13H2,1-2H3. The van der Waals surface area contributed by atoms with E-state index in [0.717, 1.165) is 29.3 Å². The number of ether oxygens (including phenoxy) is 1. The maximum atomic E-state index is 5.67. The summed E-state index contributed by atoms with van der Waals surface area (Å²) in [5, 5.41) is 0. The molecular formula is C26H35N3O. The fourth-order valence-corrected chi connectivity index (χ4v) is 4.80. The van der Waals surface area contributed by atoms with Crippen LogP contribution in [0.2, 0.25) is 0 Å². The molecule has 0 radical (unpaired) electrons. The minimum absolute atomic E-state index is 0.620. The first-order valence-corrected chi connectivity index (χ1v) is 11.7. The van der Waals surface area contributed by atoms with Crippen molar-refractivity contribution >= 4 is 11.8 Å². The van der Waals surface area contributed by atoms with Gasteiger partial charge in [-0.3, -0.25) is 0 Å². The Kier molecular flexibility index (Phi) is 6.93. The summed E-state index contributed by atoms with van der Waals surface area (Å²) < 4.78 is 5.67. The van der Waals surface area contributed by atoms with Gasteiger partial charge in [-0.25, -0.2) is 4.99 Å². The van der Waals surface area contributed by atoms with Crippen molar-refractivity contribution in [3.63, 3.8) is 0 Å². The van der Waals surface area contributed by atoms with E-state index in [9.17, 15) is 0 Å². The van der Waals surface area contributed by atoms with Crippen molar-refractivity contribution in [2.45, 2.75) is 77.0 Å². The second kappa shape index (κ2) is 10.0. The lowest BCUT2D eigenvalue weighted by Crippen LogP contribution is -2.00. The predicted octanol–water partition coefficient (Wildman–Crippen LogP) is 6.89. The third kappa shape index (κ3) is 4.80. The zero-order valence-corrected chi connectivity index (χ0v) is 18.5. The van der Waals surface area contributed by atoms with Crippen LogP contribution in [0.25, 0.3) is 6.08 Å². The number of nitrogens with zero attached hydrogens (tertiary/aromatic N) is 1. The Morgan fingerprint density at radius 3 is 2.77 bits per heavy atom. The van der Waals surface area contributed by atoms with Gasteiger partial charge in [-0.1, -0.05) is 45.4 Å². The molecule has 1 unspecified atom stereocenters.